The number of carbonyl (C=O) groups excluding carboxylic acids is 4. The molecule has 20 rings (SSSR count). The first-order valence-corrected chi connectivity index (χ1v) is 41.9. The highest BCUT2D eigenvalue weighted by atomic mass is 35.5. The molecule has 4 aromatic heterocycles. The van der Waals surface area contributed by atoms with Crippen molar-refractivity contribution in [3.05, 3.63) is 301 Å². The molecule has 12 aromatic rings. The molecule has 8 aliphatic heterocycles. The number of aryl methyl sites for hydroxylation is 5. The second kappa shape index (κ2) is 32.3. The number of piperidine rings is 4. The first-order valence-electron chi connectivity index (χ1n) is 41.5. The number of benzene rings is 8. The van der Waals surface area contributed by atoms with Crippen molar-refractivity contribution in [3.8, 4) is 62.6 Å². The van der Waals surface area contributed by atoms with E-state index < -0.39 is 57.3 Å². The Labute approximate surface area is 718 Å². The van der Waals surface area contributed by atoms with Crippen molar-refractivity contribution in [2.45, 2.75) is 127 Å². The van der Waals surface area contributed by atoms with Crippen molar-refractivity contribution >= 4 is 35.2 Å². The van der Waals surface area contributed by atoms with Crippen LogP contribution in [0, 0.1) is 45.1 Å². The number of nitrogens with zero attached hydrogens (tertiary/aromatic N) is 10. The number of aromatic nitrogens is 6. The maximum Gasteiger partial charge on any atom is 0.419 e. The molecule has 8 aromatic carbocycles. The van der Waals surface area contributed by atoms with Gasteiger partial charge in [-0.3, -0.25) is 28.5 Å². The molecule has 0 saturated carbocycles. The summed E-state index contributed by atoms with van der Waals surface area (Å²) in [5, 5.41) is 20.0. The lowest BCUT2D eigenvalue weighted by atomic mass is 9.81. The summed E-state index contributed by atoms with van der Waals surface area (Å²) in [7, 11) is 5.01. The summed E-state index contributed by atoms with van der Waals surface area (Å²) < 4.78 is 120. The quantitative estimate of drug-likeness (QED) is 0.155. The van der Waals surface area contributed by atoms with E-state index in [4.69, 9.17) is 35.3 Å². The highest BCUT2D eigenvalue weighted by molar-refractivity contribution is 6.30. The Morgan fingerprint density at radius 1 is 0.500 bits per heavy atom. The molecule has 8 aliphatic rings. The van der Waals surface area contributed by atoms with Crippen molar-refractivity contribution in [2.75, 3.05) is 59.5 Å². The molecule has 4 saturated heterocycles. The molecule has 0 radical (unpaired) electrons. The van der Waals surface area contributed by atoms with Crippen LogP contribution in [-0.4, -0.2) is 136 Å². The van der Waals surface area contributed by atoms with Crippen LogP contribution in [0.25, 0.3) is 33.9 Å². The average molecular weight is 1710 g/mol. The summed E-state index contributed by atoms with van der Waals surface area (Å²) in [6.07, 6.45) is 6.22. The number of likely N-dealkylation sites (tertiary alicyclic amines) is 4. The van der Waals surface area contributed by atoms with Gasteiger partial charge >= 0.3 is 6.18 Å². The molecule has 12 heterocycles. The molecule has 1 N–H and O–H groups in total. The number of methoxy groups -OCH3 is 1. The monoisotopic (exact) mass is 1710 g/mol. The van der Waals surface area contributed by atoms with Gasteiger partial charge < -0.3 is 57.5 Å². The highest BCUT2D eigenvalue weighted by Gasteiger charge is 2.51. The van der Waals surface area contributed by atoms with Gasteiger partial charge in [0.25, 0.3) is 23.6 Å². The largest absolute Gasteiger partial charge is 0.496 e. The van der Waals surface area contributed by atoms with Crippen LogP contribution in [0.15, 0.2) is 201 Å². The van der Waals surface area contributed by atoms with E-state index >= 15 is 0 Å². The van der Waals surface area contributed by atoms with Gasteiger partial charge in [-0.15, -0.1) is 0 Å². The van der Waals surface area contributed by atoms with Crippen molar-refractivity contribution in [1.29, 1.82) is 0 Å². The number of amides is 4. The van der Waals surface area contributed by atoms with Gasteiger partial charge in [0.05, 0.1) is 52.9 Å². The van der Waals surface area contributed by atoms with Crippen LogP contribution in [0.1, 0.15) is 163 Å². The van der Waals surface area contributed by atoms with Crippen LogP contribution in [0.4, 0.5) is 26.3 Å². The number of para-hydroxylation sites is 3. The van der Waals surface area contributed by atoms with E-state index in [1.165, 1.54) is 31.4 Å². The third-order valence-electron chi connectivity index (χ3n) is 25.6. The number of hydrogen-bond donors (Lipinski definition) is 1. The summed E-state index contributed by atoms with van der Waals surface area (Å²) in [5.74, 6) is 0.151. The topological polar surface area (TPSA) is 193 Å². The number of fused-ring (bicyclic) bond motifs is 16. The van der Waals surface area contributed by atoms with Crippen LogP contribution in [-0.2, 0) is 48.3 Å². The van der Waals surface area contributed by atoms with Gasteiger partial charge in [0.15, 0.2) is 11.2 Å². The summed E-state index contributed by atoms with van der Waals surface area (Å²) >= 11 is 6.16. The van der Waals surface area contributed by atoms with Gasteiger partial charge in [0.2, 0.25) is 0 Å². The van der Waals surface area contributed by atoms with Crippen LogP contribution in [0.2, 0.25) is 5.02 Å². The molecule has 0 unspecified atom stereocenters. The zero-order valence-corrected chi connectivity index (χ0v) is 70.9. The summed E-state index contributed by atoms with van der Waals surface area (Å²) in [5.41, 5.74) is 12.0. The molecule has 4 amide bonds. The van der Waals surface area contributed by atoms with Gasteiger partial charge in [0, 0.05) is 198 Å². The first-order chi connectivity index (χ1) is 59.3. The fourth-order valence-corrected chi connectivity index (χ4v) is 19.0. The summed E-state index contributed by atoms with van der Waals surface area (Å²) in [6, 6.07) is 51.9. The molecular formula is C97H93ClF6N10O10. The van der Waals surface area contributed by atoms with Crippen molar-refractivity contribution in [1.82, 2.24) is 48.3 Å². The Balaban J connectivity index is 0.000000117. The third-order valence-corrected chi connectivity index (χ3v) is 25.9. The lowest BCUT2D eigenvalue weighted by Gasteiger charge is -2.45. The second-order valence-electron chi connectivity index (χ2n) is 33.7. The molecule has 4 fully saturated rings. The van der Waals surface area contributed by atoms with Crippen LogP contribution in [0.5, 0.6) is 28.7 Å². The number of aliphatic hydroxyl groups is 1. The van der Waals surface area contributed by atoms with Crippen LogP contribution >= 0.6 is 11.6 Å². The number of hydrogen-bond acceptors (Lipinski definition) is 12. The predicted molar refractivity (Wildman–Crippen MR) is 455 cm³/mol. The minimum absolute atomic E-state index is 0.00629. The van der Waals surface area contributed by atoms with Gasteiger partial charge in [0.1, 0.15) is 63.1 Å². The van der Waals surface area contributed by atoms with Gasteiger partial charge in [-0.25, -0.2) is 13.2 Å². The Bertz CT molecular complexity index is 6170. The Kier molecular flexibility index (Phi) is 21.8. The maximum absolute atomic E-state index is 13.9. The molecule has 20 nitrogen and oxygen atoms in total. The third kappa shape index (κ3) is 15.4. The lowest BCUT2D eigenvalue weighted by molar-refractivity contribution is -0.138. The van der Waals surface area contributed by atoms with E-state index in [1.54, 1.807) is 46.5 Å². The Morgan fingerprint density at radius 3 is 1.73 bits per heavy atom. The van der Waals surface area contributed by atoms with E-state index in [0.717, 1.165) is 133 Å². The van der Waals surface area contributed by atoms with E-state index in [2.05, 4.69) is 50.5 Å². The molecule has 0 bridgehead atoms. The zero-order valence-electron chi connectivity index (χ0n) is 70.1. The first kappa shape index (κ1) is 83.7. The molecule has 27 heteroatoms. The van der Waals surface area contributed by atoms with E-state index in [0.29, 0.717) is 119 Å². The standard InChI is InChI=1S/C26H28FN3O3.C25H23F3N2O3.C24H25N3O2.C22H17ClF2N2O2/c1-16-13-17(25(2,3)32)5-7-19(16)24(31)30-11-9-26(10-12-30)21-15-29(4)28-23(21)20-14-18(27)6-8-22(20)33-26;1-16-7-10-22-24(33-21-6-4-3-5-19(21)30(16)22)11-13-29(14-12-24)23(31)17-8-9-20(32-2)18(15-17)25(26,27)28;1-16-7-6-9-18(17(16)2)23(28)27-13-11-24(12-14-27)20-15-25-26(3)22(20)19-8-4-5-10-21(19)29-24;23-15-3-4-18-19(12-15)29-22(20-2-1-7-27(18)20)5-8-26(9-6-22)21(28)14-10-16(24)13-17(25)11-14/h5-8,13-15,32H,9-12H2,1-4H3;3-10,15H,11-14H2,1-2H3;4-10,15H,11-14H2,1-3H3;1-4,7,10-13H,5-6,8-9H2. The fourth-order valence-electron chi connectivity index (χ4n) is 18.8. The van der Waals surface area contributed by atoms with Crippen LogP contribution < -0.4 is 23.7 Å². The molecular weight excluding hydrogens is 1610 g/mol. The van der Waals surface area contributed by atoms with E-state index in [9.17, 15) is 50.6 Å². The maximum atomic E-state index is 13.9. The molecule has 124 heavy (non-hydrogen) atoms. The predicted octanol–water partition coefficient (Wildman–Crippen LogP) is 18.8. The number of carbonyl (C=O) groups is 4. The smallest absolute Gasteiger partial charge is 0.419 e. The van der Waals surface area contributed by atoms with E-state index in [-0.39, 0.29) is 40.4 Å². The number of ether oxygens (including phenoxy) is 5. The summed E-state index contributed by atoms with van der Waals surface area (Å²) in [4.78, 5) is 59.3. The van der Waals surface area contributed by atoms with Gasteiger partial charge in [-0.1, -0.05) is 60.1 Å². The van der Waals surface area contributed by atoms with Gasteiger partial charge in [-0.05, 0) is 185 Å². The molecule has 640 valence electrons. The fraction of sp³-hybridized carbons (Fsp3) is 0.320. The van der Waals surface area contributed by atoms with Gasteiger partial charge in [-0.2, -0.15) is 23.4 Å². The number of alkyl halides is 3. The number of rotatable bonds is 6. The average Bonchev–Trinajstić information content (AvgIpc) is 1.50. The van der Waals surface area contributed by atoms with Crippen molar-refractivity contribution in [3.63, 3.8) is 0 Å². The molecule has 0 aliphatic carbocycles. The Hall–Kier alpha value is -12.6. The minimum atomic E-state index is -4.61. The number of halogens is 7. The van der Waals surface area contributed by atoms with Crippen molar-refractivity contribution in [2.24, 2.45) is 14.1 Å². The summed E-state index contributed by atoms with van der Waals surface area (Å²) in [6.45, 7) is 15.5. The molecule has 0 atom stereocenters. The zero-order chi connectivity index (χ0) is 87.3. The van der Waals surface area contributed by atoms with E-state index in [1.807, 2.05) is 159 Å². The second-order valence-corrected chi connectivity index (χ2v) is 34.2. The van der Waals surface area contributed by atoms with Crippen LogP contribution in [0.3, 0.4) is 0 Å². The highest BCUT2D eigenvalue weighted by Crippen LogP contribution is 2.54. The minimum Gasteiger partial charge on any atom is -0.496 e. The normalized spacial score (nSPS) is 16.8. The Morgan fingerprint density at radius 2 is 1.08 bits per heavy atom. The SMILES string of the molecule is COc1ccc(C(=O)N2CCC3(CC2)Oc2ccccc2-n2c(C)ccc23)cc1C(F)(F)F.Cc1cc(C(C)(C)O)ccc1C(=O)N1CCC2(CC1)Oc1ccc(F)cc1-c1nn(C)cc12.Cc1cccc(C(=O)N2CCC3(CC2)Oc2ccccc2-c2c3cnn2C)c1C.O=C(c1cc(F)cc(F)c1)N1CCC2(CC1)Oc1cc(Cl)ccc1-n1cccc12. The van der Waals surface area contributed by atoms with Crippen molar-refractivity contribution < 1.29 is 74.3 Å². The molecule has 4 spiro atoms. The lowest BCUT2D eigenvalue weighted by Crippen LogP contribution is -2.50.